The van der Waals surface area contributed by atoms with E-state index in [0.717, 1.165) is 0 Å². The number of rotatable bonds is 2. The van der Waals surface area contributed by atoms with E-state index in [4.69, 9.17) is 0 Å². The number of nitrogens with zero attached hydrogens (tertiary/aromatic N) is 1. The molecule has 0 aliphatic heterocycles. The van der Waals surface area contributed by atoms with Crippen LogP contribution in [0.15, 0.2) is 24.5 Å². The predicted octanol–water partition coefficient (Wildman–Crippen LogP) is 1.18. The van der Waals surface area contributed by atoms with Crippen molar-refractivity contribution in [3.63, 3.8) is 0 Å². The summed E-state index contributed by atoms with van der Waals surface area (Å²) in [5, 5.41) is 2.60. The second-order valence-electron chi connectivity index (χ2n) is 4.27. The first-order chi connectivity index (χ1) is 6.90. The predicted molar refractivity (Wildman–Crippen MR) is 56.5 cm³/mol. The molecular formula is C11H14N2O2. The smallest absolute Gasteiger partial charge is 0.292 e. The van der Waals surface area contributed by atoms with Gasteiger partial charge in [-0.25, -0.2) is 0 Å². The summed E-state index contributed by atoms with van der Waals surface area (Å²) in [6.07, 6.45) is 2.93. The summed E-state index contributed by atoms with van der Waals surface area (Å²) in [6.45, 7) is 5.46. The molecule has 1 amide bonds. The number of pyridine rings is 1. The third-order valence-corrected chi connectivity index (χ3v) is 1.62. The molecule has 0 spiro atoms. The fraction of sp³-hybridized carbons (Fsp3) is 0.364. The molecule has 80 valence electrons. The number of hydrogen-bond acceptors (Lipinski definition) is 3. The van der Waals surface area contributed by atoms with E-state index in [-0.39, 0.29) is 0 Å². The summed E-state index contributed by atoms with van der Waals surface area (Å²) in [5.41, 5.74) is -0.103. The zero-order valence-corrected chi connectivity index (χ0v) is 9.07. The molecule has 4 heteroatoms. The largest absolute Gasteiger partial charge is 0.345 e. The van der Waals surface area contributed by atoms with E-state index in [9.17, 15) is 9.59 Å². The number of aromatic nitrogens is 1. The Labute approximate surface area is 88.7 Å². The first-order valence-electron chi connectivity index (χ1n) is 4.67. The standard InChI is InChI=1S/C11H14N2O2/c1-11(2,3)13-10(15)9(14)8-5-4-6-12-7-8/h4-7H,1-3H3,(H,13,15). The highest BCUT2D eigenvalue weighted by Crippen LogP contribution is 2.02. The van der Waals surface area contributed by atoms with Crippen LogP contribution in [0.2, 0.25) is 0 Å². The Hall–Kier alpha value is -1.71. The molecular weight excluding hydrogens is 192 g/mol. The van der Waals surface area contributed by atoms with Crippen molar-refractivity contribution >= 4 is 11.7 Å². The van der Waals surface area contributed by atoms with Crippen molar-refractivity contribution in [1.29, 1.82) is 0 Å². The molecule has 1 aromatic heterocycles. The molecule has 0 saturated heterocycles. The second-order valence-corrected chi connectivity index (χ2v) is 4.27. The quantitative estimate of drug-likeness (QED) is 0.584. The number of nitrogens with one attached hydrogen (secondary N) is 1. The fourth-order valence-electron chi connectivity index (χ4n) is 1.03. The van der Waals surface area contributed by atoms with E-state index in [1.807, 2.05) is 20.8 Å². The highest BCUT2D eigenvalue weighted by molar-refractivity contribution is 6.42. The molecule has 0 aliphatic carbocycles. The van der Waals surface area contributed by atoms with Crippen LogP contribution in [0.5, 0.6) is 0 Å². The Kier molecular flexibility index (Phi) is 3.19. The van der Waals surface area contributed by atoms with Crippen molar-refractivity contribution in [2.75, 3.05) is 0 Å². The Bertz CT molecular complexity index is 366. The van der Waals surface area contributed by atoms with Gasteiger partial charge in [-0.05, 0) is 32.9 Å². The van der Waals surface area contributed by atoms with Gasteiger partial charge in [0.25, 0.3) is 11.7 Å². The fourth-order valence-corrected chi connectivity index (χ4v) is 1.03. The molecule has 0 bridgehead atoms. The molecule has 0 saturated carbocycles. The van der Waals surface area contributed by atoms with Crippen molar-refractivity contribution in [2.24, 2.45) is 0 Å². The van der Waals surface area contributed by atoms with Gasteiger partial charge < -0.3 is 5.32 Å². The zero-order chi connectivity index (χ0) is 11.5. The lowest BCUT2D eigenvalue weighted by molar-refractivity contribution is -0.118. The van der Waals surface area contributed by atoms with Gasteiger partial charge in [0.05, 0.1) is 0 Å². The third-order valence-electron chi connectivity index (χ3n) is 1.62. The number of Topliss-reactive ketones (excluding diaryl/α,β-unsaturated/α-hetero) is 1. The van der Waals surface area contributed by atoms with Gasteiger partial charge in [0, 0.05) is 23.5 Å². The lowest BCUT2D eigenvalue weighted by Crippen LogP contribution is -2.44. The molecule has 1 aromatic rings. The second kappa shape index (κ2) is 4.21. The normalized spacial score (nSPS) is 10.9. The average molecular weight is 206 g/mol. The maximum Gasteiger partial charge on any atom is 0.292 e. The van der Waals surface area contributed by atoms with Crippen molar-refractivity contribution < 1.29 is 9.59 Å². The van der Waals surface area contributed by atoms with Crippen LogP contribution in [0.4, 0.5) is 0 Å². The molecule has 1 rings (SSSR count). The lowest BCUT2D eigenvalue weighted by Gasteiger charge is -2.19. The monoisotopic (exact) mass is 206 g/mol. The molecule has 0 radical (unpaired) electrons. The molecule has 0 aromatic carbocycles. The Morgan fingerprint density at radius 2 is 2.00 bits per heavy atom. The number of carbonyl (C=O) groups excluding carboxylic acids is 2. The maximum atomic E-state index is 11.6. The Balaban J connectivity index is 2.75. The maximum absolute atomic E-state index is 11.6. The van der Waals surface area contributed by atoms with Crippen LogP contribution in [0.1, 0.15) is 31.1 Å². The van der Waals surface area contributed by atoms with Crippen LogP contribution in [0.3, 0.4) is 0 Å². The van der Waals surface area contributed by atoms with Crippen molar-refractivity contribution in [3.8, 4) is 0 Å². The molecule has 1 heterocycles. The summed E-state index contributed by atoms with van der Waals surface area (Å²) in [4.78, 5) is 26.8. The zero-order valence-electron chi connectivity index (χ0n) is 9.07. The Morgan fingerprint density at radius 1 is 1.33 bits per heavy atom. The summed E-state index contributed by atoms with van der Waals surface area (Å²) in [5.74, 6) is -1.16. The Morgan fingerprint density at radius 3 is 2.47 bits per heavy atom. The average Bonchev–Trinajstić information content (AvgIpc) is 2.15. The summed E-state index contributed by atoms with van der Waals surface area (Å²) in [7, 11) is 0. The summed E-state index contributed by atoms with van der Waals surface area (Å²) in [6, 6.07) is 3.19. The van der Waals surface area contributed by atoms with E-state index < -0.39 is 17.2 Å². The number of amides is 1. The minimum absolute atomic E-state index is 0.305. The first-order valence-corrected chi connectivity index (χ1v) is 4.67. The van der Waals surface area contributed by atoms with Gasteiger partial charge in [-0.15, -0.1) is 0 Å². The third kappa shape index (κ3) is 3.50. The van der Waals surface area contributed by atoms with Crippen LogP contribution >= 0.6 is 0 Å². The molecule has 4 nitrogen and oxygen atoms in total. The number of carbonyl (C=O) groups is 2. The summed E-state index contributed by atoms with van der Waals surface area (Å²) < 4.78 is 0. The van der Waals surface area contributed by atoms with E-state index in [0.29, 0.717) is 5.56 Å². The van der Waals surface area contributed by atoms with Gasteiger partial charge in [0.15, 0.2) is 0 Å². The van der Waals surface area contributed by atoms with Crippen molar-refractivity contribution in [1.82, 2.24) is 10.3 Å². The van der Waals surface area contributed by atoms with Gasteiger partial charge in [0.1, 0.15) is 0 Å². The van der Waals surface area contributed by atoms with E-state index >= 15 is 0 Å². The SMILES string of the molecule is CC(C)(C)NC(=O)C(=O)c1cccnc1. The molecule has 15 heavy (non-hydrogen) atoms. The van der Waals surface area contributed by atoms with Crippen molar-refractivity contribution in [3.05, 3.63) is 30.1 Å². The van der Waals surface area contributed by atoms with Gasteiger partial charge in [-0.3, -0.25) is 14.6 Å². The van der Waals surface area contributed by atoms with Crippen LogP contribution in [0, 0.1) is 0 Å². The lowest BCUT2D eigenvalue weighted by atomic mass is 10.1. The minimum Gasteiger partial charge on any atom is -0.345 e. The molecule has 0 unspecified atom stereocenters. The molecule has 0 aliphatic rings. The minimum atomic E-state index is -0.601. The van der Waals surface area contributed by atoms with Gasteiger partial charge >= 0.3 is 0 Å². The van der Waals surface area contributed by atoms with Gasteiger partial charge in [-0.1, -0.05) is 0 Å². The first kappa shape index (κ1) is 11.4. The van der Waals surface area contributed by atoms with Crippen molar-refractivity contribution in [2.45, 2.75) is 26.3 Å². The van der Waals surface area contributed by atoms with Crippen LogP contribution in [-0.2, 0) is 4.79 Å². The van der Waals surface area contributed by atoms with Gasteiger partial charge in [-0.2, -0.15) is 0 Å². The topological polar surface area (TPSA) is 59.1 Å². The van der Waals surface area contributed by atoms with E-state index in [1.54, 1.807) is 18.3 Å². The van der Waals surface area contributed by atoms with Crippen LogP contribution < -0.4 is 5.32 Å². The van der Waals surface area contributed by atoms with Crippen LogP contribution in [-0.4, -0.2) is 22.2 Å². The molecule has 1 N–H and O–H groups in total. The highest BCUT2D eigenvalue weighted by atomic mass is 16.2. The molecule has 0 fully saturated rings. The summed E-state index contributed by atoms with van der Waals surface area (Å²) >= 11 is 0. The van der Waals surface area contributed by atoms with Gasteiger partial charge in [0.2, 0.25) is 0 Å². The highest BCUT2D eigenvalue weighted by Gasteiger charge is 2.21. The molecule has 0 atom stereocenters. The van der Waals surface area contributed by atoms with E-state index in [1.165, 1.54) is 6.20 Å². The van der Waals surface area contributed by atoms with Crippen LogP contribution in [0.25, 0.3) is 0 Å². The number of hydrogen-bond donors (Lipinski definition) is 1. The van der Waals surface area contributed by atoms with E-state index in [2.05, 4.69) is 10.3 Å². The number of ketones is 1.